The number of carbonyl (C=O) groups excluding carboxylic acids is 2. The van der Waals surface area contributed by atoms with Crippen molar-refractivity contribution in [1.82, 2.24) is 0 Å². The molecule has 0 aliphatic carbocycles. The molecule has 0 aliphatic rings. The van der Waals surface area contributed by atoms with Crippen LogP contribution in [0.25, 0.3) is 0 Å². The summed E-state index contributed by atoms with van der Waals surface area (Å²) in [7, 11) is 0. The van der Waals surface area contributed by atoms with E-state index >= 15 is 0 Å². The van der Waals surface area contributed by atoms with Crippen LogP contribution in [0.15, 0.2) is 42.5 Å². The van der Waals surface area contributed by atoms with Crippen molar-refractivity contribution < 1.29 is 18.4 Å². The van der Waals surface area contributed by atoms with Crippen LogP contribution in [0.2, 0.25) is 0 Å². The average molecular weight is 332 g/mol. The molecule has 2 rings (SSSR count). The third-order valence-corrected chi connectivity index (χ3v) is 3.45. The highest BCUT2D eigenvalue weighted by Gasteiger charge is 2.18. The van der Waals surface area contributed by atoms with Crippen molar-refractivity contribution in [1.29, 1.82) is 0 Å². The zero-order valence-corrected chi connectivity index (χ0v) is 13.5. The fraction of sp³-hybridized carbons (Fsp3) is 0.222. The predicted octanol–water partition coefficient (Wildman–Crippen LogP) is 3.65. The number of hydrogen-bond acceptors (Lipinski definition) is 2. The summed E-state index contributed by atoms with van der Waals surface area (Å²) < 4.78 is 26.4. The van der Waals surface area contributed by atoms with Gasteiger partial charge < -0.3 is 10.2 Å². The Morgan fingerprint density at radius 3 is 2.50 bits per heavy atom. The van der Waals surface area contributed by atoms with Gasteiger partial charge in [-0.05, 0) is 43.7 Å². The Kier molecular flexibility index (Phi) is 5.63. The van der Waals surface area contributed by atoms with Crippen molar-refractivity contribution in [3.63, 3.8) is 0 Å². The van der Waals surface area contributed by atoms with Crippen molar-refractivity contribution >= 4 is 23.2 Å². The van der Waals surface area contributed by atoms with E-state index in [2.05, 4.69) is 5.32 Å². The van der Waals surface area contributed by atoms with Crippen molar-refractivity contribution in [3.05, 3.63) is 59.7 Å². The normalized spacial score (nSPS) is 10.3. The van der Waals surface area contributed by atoms with Gasteiger partial charge in [0.05, 0.1) is 5.69 Å². The number of benzene rings is 2. The maximum atomic E-state index is 13.5. The zero-order chi connectivity index (χ0) is 17.7. The number of amides is 2. The maximum Gasteiger partial charge on any atom is 0.236 e. The van der Waals surface area contributed by atoms with Gasteiger partial charge in [-0.1, -0.05) is 12.1 Å². The van der Waals surface area contributed by atoms with Crippen LogP contribution in [0.1, 0.15) is 18.9 Å². The van der Waals surface area contributed by atoms with Gasteiger partial charge in [-0.25, -0.2) is 8.78 Å². The highest BCUT2D eigenvalue weighted by atomic mass is 19.1. The highest BCUT2D eigenvalue weighted by Crippen LogP contribution is 2.18. The van der Waals surface area contributed by atoms with Crippen LogP contribution in [0.4, 0.5) is 20.2 Å². The van der Waals surface area contributed by atoms with E-state index in [4.69, 9.17) is 0 Å². The second-order valence-corrected chi connectivity index (χ2v) is 5.33. The molecule has 2 aromatic rings. The summed E-state index contributed by atoms with van der Waals surface area (Å²) in [5.74, 6) is -2.68. The van der Waals surface area contributed by atoms with Gasteiger partial charge >= 0.3 is 0 Å². The van der Waals surface area contributed by atoms with Gasteiger partial charge in [0.25, 0.3) is 0 Å². The summed E-state index contributed by atoms with van der Waals surface area (Å²) in [4.78, 5) is 25.8. The maximum absolute atomic E-state index is 13.5. The first kappa shape index (κ1) is 17.6. The van der Waals surface area contributed by atoms with Crippen LogP contribution in [-0.2, 0) is 9.59 Å². The lowest BCUT2D eigenvalue weighted by Gasteiger charge is -2.21. The summed E-state index contributed by atoms with van der Waals surface area (Å²) in [6.07, 6.45) is -0.432. The molecule has 0 radical (unpaired) electrons. The second kappa shape index (κ2) is 7.68. The van der Waals surface area contributed by atoms with Crippen LogP contribution in [0.5, 0.6) is 0 Å². The summed E-state index contributed by atoms with van der Waals surface area (Å²) in [5.41, 5.74) is 1.53. The minimum atomic E-state index is -0.887. The van der Waals surface area contributed by atoms with Crippen LogP contribution in [0, 0.1) is 18.6 Å². The fourth-order valence-electron chi connectivity index (χ4n) is 2.32. The second-order valence-electron chi connectivity index (χ2n) is 5.33. The largest absolute Gasteiger partial charge is 0.323 e. The lowest BCUT2D eigenvalue weighted by molar-refractivity contribution is -0.125. The van der Waals surface area contributed by atoms with Gasteiger partial charge in [0.1, 0.15) is 18.1 Å². The van der Waals surface area contributed by atoms with Gasteiger partial charge in [0.2, 0.25) is 11.8 Å². The lowest BCUT2D eigenvalue weighted by atomic mass is 10.2. The van der Waals surface area contributed by atoms with E-state index in [1.54, 1.807) is 13.0 Å². The highest BCUT2D eigenvalue weighted by molar-refractivity contribution is 6.09. The molecule has 6 heteroatoms. The fourth-order valence-corrected chi connectivity index (χ4v) is 2.32. The van der Waals surface area contributed by atoms with E-state index in [1.807, 2.05) is 25.1 Å². The third-order valence-electron chi connectivity index (χ3n) is 3.45. The van der Waals surface area contributed by atoms with E-state index < -0.39 is 29.9 Å². The summed E-state index contributed by atoms with van der Waals surface area (Å²) in [5, 5.41) is 2.28. The molecular formula is C18H18F2N2O2. The van der Waals surface area contributed by atoms with Crippen molar-refractivity contribution in [2.24, 2.45) is 0 Å². The first-order valence-corrected chi connectivity index (χ1v) is 7.52. The van der Waals surface area contributed by atoms with Gasteiger partial charge in [-0.2, -0.15) is 0 Å². The van der Waals surface area contributed by atoms with Crippen molar-refractivity contribution in [2.75, 3.05) is 16.8 Å². The number of rotatable bonds is 5. The molecule has 2 amide bonds. The number of halogens is 2. The molecule has 0 unspecified atom stereocenters. The Hall–Kier alpha value is -2.76. The minimum absolute atomic E-state index is 0.159. The Balaban J connectivity index is 2.05. The molecular weight excluding hydrogens is 314 g/mol. The Bertz CT molecular complexity index is 762. The molecule has 0 saturated heterocycles. The Labute approximate surface area is 139 Å². The Morgan fingerprint density at radius 2 is 1.88 bits per heavy atom. The van der Waals surface area contributed by atoms with Gasteiger partial charge in [-0.3, -0.25) is 9.59 Å². The van der Waals surface area contributed by atoms with E-state index in [-0.39, 0.29) is 5.69 Å². The molecule has 0 aliphatic heterocycles. The van der Waals surface area contributed by atoms with E-state index in [1.165, 1.54) is 4.90 Å². The number of nitrogens with one attached hydrogen (secondary N) is 1. The van der Waals surface area contributed by atoms with Crippen LogP contribution in [-0.4, -0.2) is 18.4 Å². The van der Waals surface area contributed by atoms with Crippen LogP contribution >= 0.6 is 0 Å². The minimum Gasteiger partial charge on any atom is -0.323 e. The van der Waals surface area contributed by atoms with Crippen LogP contribution < -0.4 is 10.2 Å². The molecule has 0 aromatic heterocycles. The number of anilines is 2. The van der Waals surface area contributed by atoms with Crippen LogP contribution in [0.3, 0.4) is 0 Å². The molecule has 126 valence electrons. The Morgan fingerprint density at radius 1 is 1.12 bits per heavy atom. The van der Waals surface area contributed by atoms with E-state index in [0.29, 0.717) is 18.3 Å². The first-order valence-electron chi connectivity index (χ1n) is 7.52. The molecule has 24 heavy (non-hydrogen) atoms. The first-order chi connectivity index (χ1) is 11.4. The lowest BCUT2D eigenvalue weighted by Crippen LogP contribution is -2.33. The molecule has 0 atom stereocenters. The van der Waals surface area contributed by atoms with E-state index in [0.717, 1.165) is 17.7 Å². The third kappa shape index (κ3) is 4.38. The molecule has 4 nitrogen and oxygen atoms in total. The van der Waals surface area contributed by atoms with E-state index in [9.17, 15) is 18.4 Å². The molecule has 2 aromatic carbocycles. The van der Waals surface area contributed by atoms with Crippen molar-refractivity contribution in [3.8, 4) is 0 Å². The molecule has 1 N–H and O–H groups in total. The van der Waals surface area contributed by atoms with Gasteiger partial charge in [0.15, 0.2) is 0 Å². The van der Waals surface area contributed by atoms with Crippen molar-refractivity contribution in [2.45, 2.75) is 20.3 Å². The number of carbonyl (C=O) groups is 2. The van der Waals surface area contributed by atoms with Gasteiger partial charge in [0, 0.05) is 18.3 Å². The molecule has 0 saturated carbocycles. The monoisotopic (exact) mass is 332 g/mol. The van der Waals surface area contributed by atoms with Gasteiger partial charge in [-0.15, -0.1) is 0 Å². The number of aryl methyl sites for hydroxylation is 1. The molecule has 0 bridgehead atoms. The SMILES string of the molecule is CCN(C(=O)CC(=O)Nc1ccc(F)cc1F)c1cccc(C)c1. The summed E-state index contributed by atoms with van der Waals surface area (Å²) in [6, 6.07) is 10.2. The molecule has 0 spiro atoms. The standard InChI is InChI=1S/C18H18F2N2O2/c1-3-22(14-6-4-5-12(2)9-14)18(24)11-17(23)21-16-8-7-13(19)10-15(16)20/h4-10H,3,11H2,1-2H3,(H,21,23). The zero-order valence-electron chi connectivity index (χ0n) is 13.5. The summed E-state index contributed by atoms with van der Waals surface area (Å²) in [6.45, 7) is 4.12. The topological polar surface area (TPSA) is 49.4 Å². The number of nitrogens with zero attached hydrogens (tertiary/aromatic N) is 1. The average Bonchev–Trinajstić information content (AvgIpc) is 2.51. The predicted molar refractivity (Wildman–Crippen MR) is 88.8 cm³/mol. The smallest absolute Gasteiger partial charge is 0.236 e. The summed E-state index contributed by atoms with van der Waals surface area (Å²) >= 11 is 0. The quantitative estimate of drug-likeness (QED) is 0.850. The number of hydrogen-bond donors (Lipinski definition) is 1. The molecule has 0 fully saturated rings. The molecule has 0 heterocycles.